The van der Waals surface area contributed by atoms with Crippen LogP contribution in [0.3, 0.4) is 0 Å². The van der Waals surface area contributed by atoms with Crippen molar-refractivity contribution < 1.29 is 14.7 Å². The third-order valence-corrected chi connectivity index (χ3v) is 4.42. The summed E-state index contributed by atoms with van der Waals surface area (Å²) in [6.45, 7) is 3.69. The number of hydrogen-bond acceptors (Lipinski definition) is 3. The summed E-state index contributed by atoms with van der Waals surface area (Å²) in [5.74, 6) is -0.884. The number of amides is 1. The van der Waals surface area contributed by atoms with Crippen LogP contribution >= 0.6 is 27.3 Å². The van der Waals surface area contributed by atoms with E-state index in [9.17, 15) is 9.59 Å². The fourth-order valence-electron chi connectivity index (χ4n) is 1.64. The Morgan fingerprint density at radius 3 is 2.63 bits per heavy atom. The van der Waals surface area contributed by atoms with E-state index in [1.54, 1.807) is 11.3 Å². The minimum absolute atomic E-state index is 0.0417. The highest BCUT2D eigenvalue weighted by molar-refractivity contribution is 9.10. The highest BCUT2D eigenvalue weighted by Gasteiger charge is 2.21. The van der Waals surface area contributed by atoms with Gasteiger partial charge in [-0.05, 0) is 48.7 Å². The first-order valence-electron chi connectivity index (χ1n) is 6.04. The second-order valence-electron chi connectivity index (χ2n) is 5.06. The molecule has 0 saturated heterocycles. The standard InChI is InChI=1S/C13H18BrNO3S/c1-13(2,6-5-12(17)18)15-11(16)4-3-10-7-9(14)8-19-10/h7-8H,3-6H2,1-2H3,(H,15,16)(H,17,18). The van der Waals surface area contributed by atoms with Gasteiger partial charge in [0, 0.05) is 33.1 Å². The zero-order chi connectivity index (χ0) is 14.5. The van der Waals surface area contributed by atoms with Gasteiger partial charge in [-0.2, -0.15) is 0 Å². The Morgan fingerprint density at radius 1 is 1.42 bits per heavy atom. The van der Waals surface area contributed by atoms with Crippen molar-refractivity contribution in [3.8, 4) is 0 Å². The van der Waals surface area contributed by atoms with Crippen LogP contribution in [0.5, 0.6) is 0 Å². The van der Waals surface area contributed by atoms with Gasteiger partial charge in [-0.1, -0.05) is 0 Å². The number of aryl methyl sites for hydroxylation is 1. The minimum atomic E-state index is -0.842. The Morgan fingerprint density at radius 2 is 2.11 bits per heavy atom. The number of halogens is 1. The summed E-state index contributed by atoms with van der Waals surface area (Å²) >= 11 is 5.00. The lowest BCUT2D eigenvalue weighted by molar-refractivity contribution is -0.137. The molecule has 19 heavy (non-hydrogen) atoms. The molecule has 0 aliphatic carbocycles. The monoisotopic (exact) mass is 347 g/mol. The van der Waals surface area contributed by atoms with E-state index in [1.165, 1.54) is 0 Å². The van der Waals surface area contributed by atoms with E-state index in [4.69, 9.17) is 5.11 Å². The van der Waals surface area contributed by atoms with Gasteiger partial charge in [0.15, 0.2) is 0 Å². The van der Waals surface area contributed by atoms with Crippen LogP contribution in [0.1, 0.15) is 38.0 Å². The quantitative estimate of drug-likeness (QED) is 0.795. The van der Waals surface area contributed by atoms with Gasteiger partial charge < -0.3 is 10.4 Å². The molecule has 0 unspecified atom stereocenters. The van der Waals surface area contributed by atoms with Gasteiger partial charge in [-0.3, -0.25) is 9.59 Å². The molecular weight excluding hydrogens is 330 g/mol. The van der Waals surface area contributed by atoms with Crippen LogP contribution in [0.4, 0.5) is 0 Å². The van der Waals surface area contributed by atoms with Crippen LogP contribution in [-0.2, 0) is 16.0 Å². The zero-order valence-electron chi connectivity index (χ0n) is 11.0. The van der Waals surface area contributed by atoms with Gasteiger partial charge in [0.1, 0.15) is 0 Å². The van der Waals surface area contributed by atoms with Crippen LogP contribution in [0.15, 0.2) is 15.9 Å². The van der Waals surface area contributed by atoms with Gasteiger partial charge >= 0.3 is 5.97 Å². The van der Waals surface area contributed by atoms with Gasteiger partial charge in [-0.15, -0.1) is 11.3 Å². The summed E-state index contributed by atoms with van der Waals surface area (Å²) in [7, 11) is 0. The van der Waals surface area contributed by atoms with Crippen molar-refractivity contribution in [2.75, 3.05) is 0 Å². The van der Waals surface area contributed by atoms with E-state index in [-0.39, 0.29) is 12.3 Å². The van der Waals surface area contributed by atoms with Crippen LogP contribution in [-0.4, -0.2) is 22.5 Å². The molecule has 0 radical (unpaired) electrons. The van der Waals surface area contributed by atoms with Gasteiger partial charge in [-0.25, -0.2) is 0 Å². The van der Waals surface area contributed by atoms with E-state index in [1.807, 2.05) is 25.3 Å². The molecule has 0 fully saturated rings. The van der Waals surface area contributed by atoms with Gasteiger partial charge in [0.05, 0.1) is 0 Å². The molecule has 0 saturated carbocycles. The number of nitrogens with one attached hydrogen (secondary N) is 1. The largest absolute Gasteiger partial charge is 0.481 e. The molecule has 1 aromatic rings. The number of carboxylic acids is 1. The molecule has 4 nitrogen and oxygen atoms in total. The van der Waals surface area contributed by atoms with Crippen LogP contribution < -0.4 is 5.32 Å². The summed E-state index contributed by atoms with van der Waals surface area (Å²) < 4.78 is 1.04. The van der Waals surface area contributed by atoms with Gasteiger partial charge in [0.2, 0.25) is 5.91 Å². The molecule has 6 heteroatoms. The lowest BCUT2D eigenvalue weighted by Gasteiger charge is -2.25. The van der Waals surface area contributed by atoms with E-state index in [0.29, 0.717) is 19.3 Å². The Bertz CT molecular complexity index is 456. The first-order valence-corrected chi connectivity index (χ1v) is 7.71. The topological polar surface area (TPSA) is 66.4 Å². The van der Waals surface area contributed by atoms with E-state index in [0.717, 1.165) is 9.35 Å². The smallest absolute Gasteiger partial charge is 0.303 e. The fourth-order valence-corrected chi connectivity index (χ4v) is 3.10. The van der Waals surface area contributed by atoms with Crippen LogP contribution in [0, 0.1) is 0 Å². The molecule has 106 valence electrons. The second-order valence-corrected chi connectivity index (χ2v) is 6.97. The predicted molar refractivity (Wildman–Crippen MR) is 79.4 cm³/mol. The number of rotatable bonds is 7. The number of hydrogen-bond donors (Lipinski definition) is 2. The summed E-state index contributed by atoms with van der Waals surface area (Å²) in [6, 6.07) is 2.01. The van der Waals surface area contributed by atoms with Crippen molar-refractivity contribution in [2.45, 2.75) is 45.1 Å². The Hall–Kier alpha value is -0.880. The first-order chi connectivity index (χ1) is 8.78. The third-order valence-electron chi connectivity index (χ3n) is 2.66. The number of carbonyl (C=O) groups is 2. The lowest BCUT2D eigenvalue weighted by atomic mass is 9.98. The minimum Gasteiger partial charge on any atom is -0.481 e. The normalized spacial score (nSPS) is 11.3. The molecule has 1 rings (SSSR count). The average molecular weight is 348 g/mol. The second kappa shape index (κ2) is 7.05. The third kappa shape index (κ3) is 6.73. The number of thiophene rings is 1. The molecule has 0 aliphatic heterocycles. The van der Waals surface area contributed by atoms with E-state index < -0.39 is 11.5 Å². The van der Waals surface area contributed by atoms with E-state index in [2.05, 4.69) is 21.2 Å². The van der Waals surface area contributed by atoms with Crippen molar-refractivity contribution in [3.63, 3.8) is 0 Å². The summed E-state index contributed by atoms with van der Waals surface area (Å²) in [6.07, 6.45) is 1.62. The van der Waals surface area contributed by atoms with Crippen molar-refractivity contribution in [1.29, 1.82) is 0 Å². The van der Waals surface area contributed by atoms with Crippen LogP contribution in [0.25, 0.3) is 0 Å². The molecular formula is C13H18BrNO3S. The SMILES string of the molecule is CC(C)(CCC(=O)O)NC(=O)CCc1cc(Br)cs1. The molecule has 0 atom stereocenters. The summed E-state index contributed by atoms with van der Waals surface area (Å²) in [5, 5.41) is 13.5. The Balaban J connectivity index is 2.35. The molecule has 0 spiro atoms. The highest BCUT2D eigenvalue weighted by Crippen LogP contribution is 2.21. The maximum Gasteiger partial charge on any atom is 0.303 e. The first kappa shape index (κ1) is 16.2. The molecule has 0 aliphatic rings. The highest BCUT2D eigenvalue weighted by atomic mass is 79.9. The molecule has 0 bridgehead atoms. The Kier molecular flexibility index (Phi) is 6.00. The number of carboxylic acid groups (broad SMARTS) is 1. The summed E-state index contributed by atoms with van der Waals surface area (Å²) in [5.41, 5.74) is -0.481. The van der Waals surface area contributed by atoms with Gasteiger partial charge in [0.25, 0.3) is 0 Å². The maximum absolute atomic E-state index is 11.8. The maximum atomic E-state index is 11.8. The Labute approximate surface area is 125 Å². The van der Waals surface area contributed by atoms with Crippen molar-refractivity contribution in [2.24, 2.45) is 0 Å². The number of carbonyl (C=O) groups excluding carboxylic acids is 1. The van der Waals surface area contributed by atoms with Crippen molar-refractivity contribution in [3.05, 3.63) is 20.8 Å². The van der Waals surface area contributed by atoms with Crippen LogP contribution in [0.2, 0.25) is 0 Å². The van der Waals surface area contributed by atoms with E-state index >= 15 is 0 Å². The molecule has 2 N–H and O–H groups in total. The molecule has 1 amide bonds. The molecule has 0 aromatic carbocycles. The zero-order valence-corrected chi connectivity index (χ0v) is 13.4. The lowest BCUT2D eigenvalue weighted by Crippen LogP contribution is -2.43. The predicted octanol–water partition coefficient (Wildman–Crippen LogP) is 3.20. The number of aliphatic carboxylic acids is 1. The average Bonchev–Trinajstić information content (AvgIpc) is 2.69. The molecule has 1 heterocycles. The fraction of sp³-hybridized carbons (Fsp3) is 0.538. The molecule has 1 aromatic heterocycles. The van der Waals surface area contributed by atoms with Crippen molar-refractivity contribution >= 4 is 39.1 Å². The summed E-state index contributed by atoms with van der Waals surface area (Å²) in [4.78, 5) is 23.5. The van der Waals surface area contributed by atoms with Crippen molar-refractivity contribution in [1.82, 2.24) is 5.32 Å².